The van der Waals surface area contributed by atoms with Crippen LogP contribution < -0.4 is 5.32 Å². The van der Waals surface area contributed by atoms with Gasteiger partial charge in [-0.1, -0.05) is 19.8 Å². The van der Waals surface area contributed by atoms with Gasteiger partial charge in [0.1, 0.15) is 6.04 Å². The fourth-order valence-electron chi connectivity index (χ4n) is 2.75. The molecule has 14 heavy (non-hydrogen) atoms. The van der Waals surface area contributed by atoms with E-state index in [2.05, 4.69) is 12.2 Å². The summed E-state index contributed by atoms with van der Waals surface area (Å²) in [5.74, 6) is 0.755. The van der Waals surface area contributed by atoms with Crippen LogP contribution in [0.5, 0.6) is 0 Å². The molecule has 1 spiro atoms. The Labute approximate surface area is 85.2 Å². The molecule has 1 aliphatic carbocycles. The lowest BCUT2D eigenvalue weighted by Gasteiger charge is -2.52. The molecule has 0 bridgehead atoms. The quantitative estimate of drug-likeness (QED) is 0.644. The van der Waals surface area contributed by atoms with Crippen molar-refractivity contribution in [3.8, 4) is 0 Å². The van der Waals surface area contributed by atoms with E-state index in [1.807, 2.05) is 0 Å². The van der Waals surface area contributed by atoms with Crippen LogP contribution in [0.25, 0.3) is 0 Å². The molecular formula is C11H19NO2. The van der Waals surface area contributed by atoms with Crippen LogP contribution in [0, 0.1) is 11.3 Å². The molecule has 1 heterocycles. The largest absolute Gasteiger partial charge is 0.468 e. The summed E-state index contributed by atoms with van der Waals surface area (Å²) >= 11 is 0. The Hall–Kier alpha value is -0.570. The first-order valence-electron chi connectivity index (χ1n) is 5.49. The molecule has 2 fully saturated rings. The summed E-state index contributed by atoms with van der Waals surface area (Å²) < 4.78 is 4.81. The number of carbonyl (C=O) groups is 1. The maximum Gasteiger partial charge on any atom is 0.323 e. The van der Waals surface area contributed by atoms with Crippen LogP contribution >= 0.6 is 0 Å². The van der Waals surface area contributed by atoms with Gasteiger partial charge in [-0.15, -0.1) is 0 Å². The fourth-order valence-corrected chi connectivity index (χ4v) is 2.75. The second kappa shape index (κ2) is 3.54. The van der Waals surface area contributed by atoms with Gasteiger partial charge in [-0.3, -0.25) is 4.79 Å². The molecule has 3 heteroatoms. The van der Waals surface area contributed by atoms with Crippen molar-refractivity contribution in [2.75, 3.05) is 13.7 Å². The van der Waals surface area contributed by atoms with Gasteiger partial charge in [0.05, 0.1) is 7.11 Å². The zero-order valence-electron chi connectivity index (χ0n) is 9.01. The molecule has 2 aliphatic rings. The first-order valence-corrected chi connectivity index (χ1v) is 5.49. The van der Waals surface area contributed by atoms with Crippen molar-refractivity contribution >= 4 is 5.97 Å². The lowest BCUT2D eigenvalue weighted by Crippen LogP contribution is -2.67. The molecule has 0 amide bonds. The predicted molar refractivity (Wildman–Crippen MR) is 53.9 cm³/mol. The summed E-state index contributed by atoms with van der Waals surface area (Å²) in [6.07, 6.45) is 4.88. The second-order valence-electron chi connectivity index (χ2n) is 4.88. The van der Waals surface area contributed by atoms with Crippen LogP contribution in [-0.4, -0.2) is 25.7 Å². The van der Waals surface area contributed by atoms with Crippen LogP contribution in [0.3, 0.4) is 0 Å². The van der Waals surface area contributed by atoms with Gasteiger partial charge in [-0.2, -0.15) is 0 Å². The number of rotatable bonds is 1. The number of esters is 1. The van der Waals surface area contributed by atoms with Gasteiger partial charge in [0.25, 0.3) is 0 Å². The highest BCUT2D eigenvalue weighted by atomic mass is 16.5. The van der Waals surface area contributed by atoms with Crippen molar-refractivity contribution in [2.24, 2.45) is 11.3 Å². The van der Waals surface area contributed by atoms with Crippen molar-refractivity contribution < 1.29 is 9.53 Å². The van der Waals surface area contributed by atoms with E-state index >= 15 is 0 Å². The standard InChI is InChI=1S/C11H19NO2/c1-8-3-5-11(6-4-8)7-12-9(11)10(13)14-2/h8-9,12H,3-7H2,1-2H3. The lowest BCUT2D eigenvalue weighted by molar-refractivity contribution is -0.153. The fraction of sp³-hybridized carbons (Fsp3) is 0.909. The molecule has 1 aliphatic heterocycles. The number of hydrogen-bond donors (Lipinski definition) is 1. The van der Waals surface area contributed by atoms with Gasteiger partial charge in [0.2, 0.25) is 0 Å². The van der Waals surface area contributed by atoms with Crippen molar-refractivity contribution in [3.63, 3.8) is 0 Å². The van der Waals surface area contributed by atoms with Crippen molar-refractivity contribution in [2.45, 2.75) is 38.6 Å². The minimum absolute atomic E-state index is 0.0278. The first kappa shape index (κ1) is 9.97. The van der Waals surface area contributed by atoms with E-state index in [4.69, 9.17) is 4.74 Å². The number of ether oxygens (including phenoxy) is 1. The van der Waals surface area contributed by atoms with Crippen LogP contribution in [0.15, 0.2) is 0 Å². The number of methoxy groups -OCH3 is 1. The highest BCUT2D eigenvalue weighted by Gasteiger charge is 2.51. The summed E-state index contributed by atoms with van der Waals surface area (Å²) in [6, 6.07) is -0.0278. The summed E-state index contributed by atoms with van der Waals surface area (Å²) in [5, 5.41) is 3.20. The van der Waals surface area contributed by atoms with Crippen LogP contribution in [-0.2, 0) is 9.53 Å². The van der Waals surface area contributed by atoms with Gasteiger partial charge >= 0.3 is 5.97 Å². The van der Waals surface area contributed by atoms with Crippen LogP contribution in [0.2, 0.25) is 0 Å². The Morgan fingerprint density at radius 2 is 2.07 bits per heavy atom. The Bertz CT molecular complexity index is 231. The average Bonchev–Trinajstić information content (AvgIpc) is 2.17. The topological polar surface area (TPSA) is 38.3 Å². The minimum Gasteiger partial charge on any atom is -0.468 e. The molecule has 2 rings (SSSR count). The van der Waals surface area contributed by atoms with E-state index in [1.165, 1.54) is 32.8 Å². The summed E-state index contributed by atoms with van der Waals surface area (Å²) in [5.41, 5.74) is 0.236. The molecule has 0 aromatic carbocycles. The van der Waals surface area contributed by atoms with Crippen molar-refractivity contribution in [3.05, 3.63) is 0 Å². The third-order valence-corrected chi connectivity index (χ3v) is 3.98. The summed E-state index contributed by atoms with van der Waals surface area (Å²) in [4.78, 5) is 11.5. The van der Waals surface area contributed by atoms with Crippen molar-refractivity contribution in [1.82, 2.24) is 5.32 Å². The molecule has 1 atom stereocenters. The molecule has 3 nitrogen and oxygen atoms in total. The highest BCUT2D eigenvalue weighted by Crippen LogP contribution is 2.45. The molecule has 80 valence electrons. The van der Waals surface area contributed by atoms with E-state index in [9.17, 15) is 4.79 Å². The maximum atomic E-state index is 11.5. The van der Waals surface area contributed by atoms with Crippen LogP contribution in [0.4, 0.5) is 0 Å². The minimum atomic E-state index is -0.0780. The van der Waals surface area contributed by atoms with E-state index in [0.717, 1.165) is 12.5 Å². The second-order valence-corrected chi connectivity index (χ2v) is 4.88. The van der Waals surface area contributed by atoms with Gasteiger partial charge in [0.15, 0.2) is 0 Å². The normalized spacial score (nSPS) is 41.9. The summed E-state index contributed by atoms with van der Waals surface area (Å²) in [7, 11) is 1.47. The number of carbonyl (C=O) groups excluding carboxylic acids is 1. The molecule has 0 aromatic heterocycles. The Morgan fingerprint density at radius 3 is 2.50 bits per heavy atom. The Morgan fingerprint density at radius 1 is 1.43 bits per heavy atom. The smallest absolute Gasteiger partial charge is 0.323 e. The Balaban J connectivity index is 2.00. The molecule has 1 saturated carbocycles. The molecule has 0 aromatic rings. The van der Waals surface area contributed by atoms with Gasteiger partial charge < -0.3 is 10.1 Å². The highest BCUT2D eigenvalue weighted by molar-refractivity contribution is 5.78. The molecule has 0 radical (unpaired) electrons. The maximum absolute atomic E-state index is 11.5. The zero-order chi connectivity index (χ0) is 10.2. The van der Waals surface area contributed by atoms with E-state index in [-0.39, 0.29) is 17.4 Å². The zero-order valence-corrected chi connectivity index (χ0v) is 9.01. The summed E-state index contributed by atoms with van der Waals surface area (Å²) in [6.45, 7) is 3.30. The molecule has 1 unspecified atom stereocenters. The first-order chi connectivity index (χ1) is 6.68. The predicted octanol–water partition coefficient (Wildman–Crippen LogP) is 1.33. The van der Waals surface area contributed by atoms with Gasteiger partial charge in [-0.25, -0.2) is 0 Å². The molecule has 1 saturated heterocycles. The van der Waals surface area contributed by atoms with E-state index in [1.54, 1.807) is 0 Å². The third kappa shape index (κ3) is 1.44. The molecular weight excluding hydrogens is 178 g/mol. The SMILES string of the molecule is COC(=O)C1NCC12CCC(C)CC2. The Kier molecular flexibility index (Phi) is 2.52. The lowest BCUT2D eigenvalue weighted by atomic mass is 9.62. The van der Waals surface area contributed by atoms with Crippen molar-refractivity contribution in [1.29, 1.82) is 0 Å². The van der Waals surface area contributed by atoms with Gasteiger partial charge in [-0.05, 0) is 18.8 Å². The molecule has 1 N–H and O–H groups in total. The number of nitrogens with one attached hydrogen (secondary N) is 1. The van der Waals surface area contributed by atoms with E-state index < -0.39 is 0 Å². The third-order valence-electron chi connectivity index (χ3n) is 3.98. The van der Waals surface area contributed by atoms with Crippen LogP contribution in [0.1, 0.15) is 32.6 Å². The monoisotopic (exact) mass is 197 g/mol. The number of hydrogen-bond acceptors (Lipinski definition) is 3. The van der Waals surface area contributed by atoms with Gasteiger partial charge in [0, 0.05) is 12.0 Å². The average molecular weight is 197 g/mol. The van der Waals surface area contributed by atoms with E-state index in [0.29, 0.717) is 0 Å².